The molecule has 1 aromatic heterocycles. The maximum atomic E-state index is 5.65. The molecule has 2 fully saturated rings. The zero-order valence-electron chi connectivity index (χ0n) is 15.2. The average Bonchev–Trinajstić information content (AvgIpc) is 3.07. The number of nitrogens with zero attached hydrogens (tertiary/aromatic N) is 4. The minimum Gasteiger partial charge on any atom is -0.366 e. The number of fused-ring (bicyclic) bond motifs is 1. The standard InChI is InChI=1S/C18H25BrN6.2ClH/c19-15-5-3-13(4-6-15)7-10-24-9-1-2-14-12-25(11-8-16(14)24)18-21-17(20)22-23-18;;/h3-6,14,16H,1-2,7-12H2,(H3,20,21,22,23);2*1H. The van der Waals surface area contributed by atoms with Gasteiger partial charge in [-0.05, 0) is 55.8 Å². The van der Waals surface area contributed by atoms with Crippen molar-refractivity contribution in [1.82, 2.24) is 20.1 Å². The molecule has 0 spiro atoms. The van der Waals surface area contributed by atoms with Gasteiger partial charge in [0.05, 0.1) is 0 Å². The highest BCUT2D eigenvalue weighted by atomic mass is 79.9. The molecule has 3 heterocycles. The lowest BCUT2D eigenvalue weighted by Gasteiger charge is -2.47. The van der Waals surface area contributed by atoms with Crippen LogP contribution >= 0.6 is 40.7 Å². The maximum absolute atomic E-state index is 5.65. The summed E-state index contributed by atoms with van der Waals surface area (Å²) in [5.41, 5.74) is 7.07. The molecule has 0 saturated carbocycles. The van der Waals surface area contributed by atoms with Crippen molar-refractivity contribution in [3.63, 3.8) is 0 Å². The third kappa shape index (κ3) is 5.28. The van der Waals surface area contributed by atoms with Crippen LogP contribution in [0.3, 0.4) is 0 Å². The number of benzene rings is 1. The largest absolute Gasteiger partial charge is 0.366 e. The highest BCUT2D eigenvalue weighted by Crippen LogP contribution is 2.32. The Labute approximate surface area is 181 Å². The molecular formula is C18H27BrCl2N6. The van der Waals surface area contributed by atoms with Gasteiger partial charge in [0.25, 0.3) is 0 Å². The van der Waals surface area contributed by atoms with E-state index in [0.717, 1.165) is 36.5 Å². The number of nitrogen functional groups attached to an aromatic ring is 1. The van der Waals surface area contributed by atoms with Gasteiger partial charge in [0.1, 0.15) is 0 Å². The Kier molecular flexibility index (Phi) is 8.21. The first-order valence-corrected chi connectivity index (χ1v) is 9.89. The number of H-pyrrole nitrogens is 1. The van der Waals surface area contributed by atoms with Crippen molar-refractivity contribution in [2.45, 2.75) is 31.7 Å². The van der Waals surface area contributed by atoms with Crippen molar-refractivity contribution in [2.24, 2.45) is 5.92 Å². The van der Waals surface area contributed by atoms with E-state index in [4.69, 9.17) is 5.73 Å². The topological polar surface area (TPSA) is 74.1 Å². The number of likely N-dealkylation sites (tertiary alicyclic amines) is 1. The number of halogens is 3. The summed E-state index contributed by atoms with van der Waals surface area (Å²) in [6.07, 6.45) is 4.90. The number of nitrogens with one attached hydrogen (secondary N) is 1. The predicted molar refractivity (Wildman–Crippen MR) is 118 cm³/mol. The number of anilines is 2. The van der Waals surface area contributed by atoms with Gasteiger partial charge < -0.3 is 10.6 Å². The second-order valence-corrected chi connectivity index (χ2v) is 8.05. The van der Waals surface area contributed by atoms with Gasteiger partial charge in [-0.1, -0.05) is 28.1 Å². The summed E-state index contributed by atoms with van der Waals surface area (Å²) in [6, 6.07) is 9.41. The quantitative estimate of drug-likeness (QED) is 0.704. The van der Waals surface area contributed by atoms with Crippen molar-refractivity contribution in [3.05, 3.63) is 34.3 Å². The Balaban J connectivity index is 0.00000131. The molecule has 150 valence electrons. The molecule has 0 amide bonds. The van der Waals surface area contributed by atoms with E-state index in [1.165, 1.54) is 31.4 Å². The van der Waals surface area contributed by atoms with Gasteiger partial charge in [0.2, 0.25) is 11.9 Å². The Morgan fingerprint density at radius 1 is 1.15 bits per heavy atom. The smallest absolute Gasteiger partial charge is 0.241 e. The number of aromatic nitrogens is 3. The molecule has 2 aliphatic rings. The predicted octanol–water partition coefficient (Wildman–Crippen LogP) is 3.53. The van der Waals surface area contributed by atoms with Crippen molar-refractivity contribution in [3.8, 4) is 0 Å². The van der Waals surface area contributed by atoms with E-state index < -0.39 is 0 Å². The van der Waals surface area contributed by atoms with Gasteiger partial charge in [-0.2, -0.15) is 4.98 Å². The monoisotopic (exact) mass is 476 g/mol. The van der Waals surface area contributed by atoms with Crippen molar-refractivity contribution < 1.29 is 0 Å². The van der Waals surface area contributed by atoms with Crippen LogP contribution in [0.5, 0.6) is 0 Å². The highest BCUT2D eigenvalue weighted by Gasteiger charge is 2.36. The second kappa shape index (κ2) is 9.96. The Hall–Kier alpha value is -1.02. The lowest BCUT2D eigenvalue weighted by atomic mass is 9.83. The van der Waals surface area contributed by atoms with E-state index >= 15 is 0 Å². The summed E-state index contributed by atoms with van der Waals surface area (Å²) >= 11 is 3.51. The number of hydrogen-bond donors (Lipinski definition) is 2. The van der Waals surface area contributed by atoms with E-state index in [9.17, 15) is 0 Å². The van der Waals surface area contributed by atoms with E-state index in [1.807, 2.05) is 0 Å². The zero-order chi connectivity index (χ0) is 17.2. The van der Waals surface area contributed by atoms with Gasteiger partial charge in [-0.15, -0.1) is 29.9 Å². The molecule has 2 saturated heterocycles. The van der Waals surface area contributed by atoms with Crippen LogP contribution in [0.25, 0.3) is 0 Å². The van der Waals surface area contributed by atoms with E-state index in [2.05, 4.69) is 65.2 Å². The van der Waals surface area contributed by atoms with Crippen molar-refractivity contribution >= 4 is 52.6 Å². The fourth-order valence-corrected chi connectivity index (χ4v) is 4.57. The van der Waals surface area contributed by atoms with Crippen LogP contribution in [-0.2, 0) is 6.42 Å². The molecule has 2 unspecified atom stereocenters. The fraction of sp³-hybridized carbons (Fsp3) is 0.556. The summed E-state index contributed by atoms with van der Waals surface area (Å²) in [7, 11) is 0. The average molecular weight is 478 g/mol. The van der Waals surface area contributed by atoms with Crippen LogP contribution in [0.15, 0.2) is 28.7 Å². The lowest BCUT2D eigenvalue weighted by Crippen LogP contribution is -2.54. The maximum Gasteiger partial charge on any atom is 0.241 e. The van der Waals surface area contributed by atoms with Gasteiger partial charge in [-0.3, -0.25) is 4.90 Å². The van der Waals surface area contributed by atoms with Crippen LogP contribution in [0.4, 0.5) is 11.9 Å². The summed E-state index contributed by atoms with van der Waals surface area (Å²) in [5.74, 6) is 1.86. The normalized spacial score (nSPS) is 22.5. The number of hydrogen-bond acceptors (Lipinski definition) is 5. The number of rotatable bonds is 4. The minimum atomic E-state index is 0. The Morgan fingerprint density at radius 3 is 2.63 bits per heavy atom. The number of nitrogens with two attached hydrogens (primary N) is 1. The molecule has 0 aliphatic carbocycles. The summed E-state index contributed by atoms with van der Waals surface area (Å²) in [5, 5.41) is 6.92. The first-order valence-electron chi connectivity index (χ1n) is 9.10. The van der Waals surface area contributed by atoms with Crippen LogP contribution in [0, 0.1) is 5.92 Å². The van der Waals surface area contributed by atoms with Crippen LogP contribution in [-0.4, -0.2) is 52.3 Å². The van der Waals surface area contributed by atoms with E-state index in [0.29, 0.717) is 17.9 Å². The van der Waals surface area contributed by atoms with Crippen LogP contribution in [0.1, 0.15) is 24.8 Å². The first kappa shape index (κ1) is 22.3. The van der Waals surface area contributed by atoms with Crippen molar-refractivity contribution in [2.75, 3.05) is 36.8 Å². The number of aromatic amines is 1. The lowest BCUT2D eigenvalue weighted by molar-refractivity contribution is 0.0777. The summed E-state index contributed by atoms with van der Waals surface area (Å²) < 4.78 is 1.15. The SMILES string of the molecule is Cl.Cl.Nc1n[nH]c(N2CCC3C(CCCN3CCc3ccc(Br)cc3)C2)n1. The highest BCUT2D eigenvalue weighted by molar-refractivity contribution is 9.10. The zero-order valence-corrected chi connectivity index (χ0v) is 18.4. The van der Waals surface area contributed by atoms with Gasteiger partial charge in [0, 0.05) is 30.1 Å². The van der Waals surface area contributed by atoms with Crippen molar-refractivity contribution in [1.29, 1.82) is 0 Å². The van der Waals surface area contributed by atoms with Gasteiger partial charge in [-0.25, -0.2) is 5.10 Å². The molecule has 27 heavy (non-hydrogen) atoms. The van der Waals surface area contributed by atoms with Crippen LogP contribution < -0.4 is 10.6 Å². The molecular weight excluding hydrogens is 451 g/mol. The van der Waals surface area contributed by atoms with Gasteiger partial charge in [0.15, 0.2) is 0 Å². The summed E-state index contributed by atoms with van der Waals surface area (Å²) in [4.78, 5) is 9.31. The molecule has 3 N–H and O–H groups in total. The van der Waals surface area contributed by atoms with Gasteiger partial charge >= 0.3 is 0 Å². The summed E-state index contributed by atoms with van der Waals surface area (Å²) in [6.45, 7) is 4.45. The van der Waals surface area contributed by atoms with E-state index in [1.54, 1.807) is 0 Å². The van der Waals surface area contributed by atoms with Crippen LogP contribution in [0.2, 0.25) is 0 Å². The molecule has 9 heteroatoms. The molecule has 2 atom stereocenters. The fourth-order valence-electron chi connectivity index (χ4n) is 4.31. The molecule has 6 nitrogen and oxygen atoms in total. The Morgan fingerprint density at radius 2 is 1.93 bits per heavy atom. The third-order valence-electron chi connectivity index (χ3n) is 5.57. The van der Waals surface area contributed by atoms with E-state index in [-0.39, 0.29) is 24.8 Å². The molecule has 2 aliphatic heterocycles. The number of piperidine rings is 2. The molecule has 0 radical (unpaired) electrons. The first-order chi connectivity index (χ1) is 12.2. The molecule has 2 aromatic rings. The molecule has 1 aromatic carbocycles. The molecule has 4 rings (SSSR count). The minimum absolute atomic E-state index is 0. The second-order valence-electron chi connectivity index (χ2n) is 7.13. The third-order valence-corrected chi connectivity index (χ3v) is 6.10. The molecule has 0 bridgehead atoms. The Bertz CT molecular complexity index is 710.